The van der Waals surface area contributed by atoms with E-state index in [0.717, 1.165) is 12.8 Å². The van der Waals surface area contributed by atoms with Crippen molar-refractivity contribution in [2.24, 2.45) is 0 Å². The van der Waals surface area contributed by atoms with Crippen LogP contribution < -0.4 is 0 Å². The van der Waals surface area contributed by atoms with Crippen molar-refractivity contribution in [1.82, 2.24) is 15.0 Å². The monoisotopic (exact) mass is 241 g/mol. The normalized spacial score (nSPS) is 10.7. The molecule has 6 nitrogen and oxygen atoms in total. The van der Waals surface area contributed by atoms with Crippen molar-refractivity contribution in [1.29, 1.82) is 0 Å². The van der Waals surface area contributed by atoms with E-state index in [4.69, 9.17) is 9.84 Å². The molecule has 0 bridgehead atoms. The number of aryl methyl sites for hydroxylation is 1. The van der Waals surface area contributed by atoms with Gasteiger partial charge in [0.1, 0.15) is 0 Å². The van der Waals surface area contributed by atoms with Crippen molar-refractivity contribution in [2.75, 3.05) is 7.11 Å². The number of unbranched alkanes of at least 4 members (excludes halogenated alkanes) is 3. The third-order valence-electron chi connectivity index (χ3n) is 2.54. The topological polar surface area (TPSA) is 77.2 Å². The molecule has 0 aliphatic rings. The summed E-state index contributed by atoms with van der Waals surface area (Å²) in [5.74, 6) is -1.06. The lowest BCUT2D eigenvalue weighted by Gasteiger charge is -2.05. The molecule has 0 radical (unpaired) electrons. The Morgan fingerprint density at radius 1 is 1.41 bits per heavy atom. The van der Waals surface area contributed by atoms with Gasteiger partial charge in [0.25, 0.3) is 0 Å². The highest BCUT2D eigenvalue weighted by Gasteiger charge is 2.18. The molecule has 0 fully saturated rings. The molecule has 0 unspecified atom stereocenters. The predicted molar refractivity (Wildman–Crippen MR) is 61.8 cm³/mol. The van der Waals surface area contributed by atoms with Crippen LogP contribution in [0.25, 0.3) is 0 Å². The smallest absolute Gasteiger partial charge is 0.358 e. The lowest BCUT2D eigenvalue weighted by molar-refractivity contribution is 0.0684. The number of rotatable bonds is 8. The molecule has 1 N–H and O–H groups in total. The highest BCUT2D eigenvalue weighted by atomic mass is 16.5. The van der Waals surface area contributed by atoms with E-state index < -0.39 is 5.97 Å². The number of nitrogens with zero attached hydrogens (tertiary/aromatic N) is 3. The molecule has 0 amide bonds. The third kappa shape index (κ3) is 3.81. The van der Waals surface area contributed by atoms with Gasteiger partial charge in [0, 0.05) is 13.7 Å². The number of hydrogen-bond acceptors (Lipinski definition) is 4. The number of aromatic carboxylic acids is 1. The fourth-order valence-electron chi connectivity index (χ4n) is 1.65. The van der Waals surface area contributed by atoms with Crippen molar-refractivity contribution in [2.45, 2.75) is 45.8 Å². The molecule has 17 heavy (non-hydrogen) atoms. The average molecular weight is 241 g/mol. The van der Waals surface area contributed by atoms with Crippen molar-refractivity contribution in [3.63, 3.8) is 0 Å². The Balaban J connectivity index is 2.67. The van der Waals surface area contributed by atoms with Gasteiger partial charge in [0.2, 0.25) is 0 Å². The van der Waals surface area contributed by atoms with E-state index in [2.05, 4.69) is 17.2 Å². The van der Waals surface area contributed by atoms with Crippen molar-refractivity contribution >= 4 is 5.97 Å². The first-order valence-corrected chi connectivity index (χ1v) is 5.85. The number of ether oxygens (including phenoxy) is 1. The van der Waals surface area contributed by atoms with Crippen molar-refractivity contribution in [3.8, 4) is 0 Å². The molecule has 0 atom stereocenters. The Morgan fingerprint density at radius 2 is 2.18 bits per heavy atom. The van der Waals surface area contributed by atoms with Gasteiger partial charge in [-0.15, -0.1) is 5.10 Å². The number of aromatic nitrogens is 3. The minimum atomic E-state index is -1.06. The van der Waals surface area contributed by atoms with Gasteiger partial charge < -0.3 is 9.84 Å². The van der Waals surface area contributed by atoms with Gasteiger partial charge in [-0.2, -0.15) is 0 Å². The second kappa shape index (κ2) is 7.01. The molecule has 0 spiro atoms. The zero-order valence-electron chi connectivity index (χ0n) is 10.3. The molecule has 0 aromatic carbocycles. The summed E-state index contributed by atoms with van der Waals surface area (Å²) in [5.41, 5.74) is 0.527. The van der Waals surface area contributed by atoms with Crippen LogP contribution in [-0.2, 0) is 17.9 Å². The first-order chi connectivity index (χ1) is 8.20. The number of carboxylic acids is 1. The highest BCUT2D eigenvalue weighted by molar-refractivity contribution is 5.86. The number of carboxylic acid groups (broad SMARTS) is 1. The van der Waals surface area contributed by atoms with E-state index in [1.165, 1.54) is 20.0 Å². The van der Waals surface area contributed by atoms with Crippen molar-refractivity contribution < 1.29 is 14.6 Å². The van der Waals surface area contributed by atoms with Gasteiger partial charge in [-0.3, -0.25) is 0 Å². The van der Waals surface area contributed by atoms with Crippen LogP contribution in [0.15, 0.2) is 0 Å². The first-order valence-electron chi connectivity index (χ1n) is 5.85. The SMILES string of the molecule is CCCCCCn1nnc(C(=O)O)c1COC. The summed E-state index contributed by atoms with van der Waals surface area (Å²) in [6.07, 6.45) is 4.45. The second-order valence-corrected chi connectivity index (χ2v) is 3.91. The zero-order valence-corrected chi connectivity index (χ0v) is 10.3. The fraction of sp³-hybridized carbons (Fsp3) is 0.727. The summed E-state index contributed by atoms with van der Waals surface area (Å²) in [7, 11) is 1.53. The van der Waals surface area contributed by atoms with Crippen LogP contribution in [0.4, 0.5) is 0 Å². The summed E-state index contributed by atoms with van der Waals surface area (Å²) in [5, 5.41) is 16.5. The summed E-state index contributed by atoms with van der Waals surface area (Å²) in [6.45, 7) is 3.07. The van der Waals surface area contributed by atoms with Crippen LogP contribution in [0.5, 0.6) is 0 Å². The van der Waals surface area contributed by atoms with E-state index in [1.807, 2.05) is 0 Å². The molecule has 0 aliphatic heterocycles. The molecular formula is C11H19N3O3. The standard InChI is InChI=1S/C11H19N3O3/c1-3-4-5-6-7-14-9(8-17-2)10(11(15)16)12-13-14/h3-8H2,1-2H3,(H,15,16). The van der Waals surface area contributed by atoms with Crippen LogP contribution in [0.3, 0.4) is 0 Å². The molecule has 1 aromatic rings. The molecule has 6 heteroatoms. The van der Waals surface area contributed by atoms with Crippen LogP contribution in [-0.4, -0.2) is 33.2 Å². The van der Waals surface area contributed by atoms with E-state index in [1.54, 1.807) is 4.68 Å². The van der Waals surface area contributed by atoms with Gasteiger partial charge in [0.05, 0.1) is 12.3 Å². The van der Waals surface area contributed by atoms with Crippen LogP contribution >= 0.6 is 0 Å². The van der Waals surface area contributed by atoms with E-state index >= 15 is 0 Å². The van der Waals surface area contributed by atoms with Gasteiger partial charge in [-0.1, -0.05) is 31.4 Å². The number of methoxy groups -OCH3 is 1. The van der Waals surface area contributed by atoms with Gasteiger partial charge in [-0.05, 0) is 6.42 Å². The maximum Gasteiger partial charge on any atom is 0.358 e. The Kier molecular flexibility index (Phi) is 5.62. The maximum absolute atomic E-state index is 10.9. The van der Waals surface area contributed by atoms with Crippen LogP contribution in [0.2, 0.25) is 0 Å². The van der Waals surface area contributed by atoms with E-state index in [9.17, 15) is 4.79 Å². The predicted octanol–water partition coefficient (Wildman–Crippen LogP) is 1.70. The summed E-state index contributed by atoms with van der Waals surface area (Å²) in [6, 6.07) is 0. The lowest BCUT2D eigenvalue weighted by atomic mass is 10.2. The van der Waals surface area contributed by atoms with Gasteiger partial charge in [0.15, 0.2) is 5.69 Å². The Hall–Kier alpha value is -1.43. The average Bonchev–Trinajstić information content (AvgIpc) is 2.69. The van der Waals surface area contributed by atoms with E-state index in [0.29, 0.717) is 12.2 Å². The molecular weight excluding hydrogens is 222 g/mol. The molecule has 1 heterocycles. The van der Waals surface area contributed by atoms with E-state index in [-0.39, 0.29) is 12.3 Å². The molecule has 0 saturated heterocycles. The maximum atomic E-state index is 10.9. The van der Waals surface area contributed by atoms with Crippen molar-refractivity contribution in [3.05, 3.63) is 11.4 Å². The summed E-state index contributed by atoms with van der Waals surface area (Å²) >= 11 is 0. The van der Waals surface area contributed by atoms with Gasteiger partial charge in [-0.25, -0.2) is 9.48 Å². The molecule has 0 aliphatic carbocycles. The first kappa shape index (κ1) is 13.6. The lowest BCUT2D eigenvalue weighted by Crippen LogP contribution is -2.09. The number of hydrogen-bond donors (Lipinski definition) is 1. The second-order valence-electron chi connectivity index (χ2n) is 3.91. The fourth-order valence-corrected chi connectivity index (χ4v) is 1.65. The van der Waals surface area contributed by atoms with Crippen LogP contribution in [0, 0.1) is 0 Å². The third-order valence-corrected chi connectivity index (χ3v) is 2.54. The molecule has 1 rings (SSSR count). The number of carbonyl (C=O) groups is 1. The largest absolute Gasteiger partial charge is 0.476 e. The Labute approximate surface area is 101 Å². The molecule has 96 valence electrons. The summed E-state index contributed by atoms with van der Waals surface area (Å²) in [4.78, 5) is 10.9. The molecule has 0 saturated carbocycles. The highest BCUT2D eigenvalue weighted by Crippen LogP contribution is 2.09. The zero-order chi connectivity index (χ0) is 12.7. The minimum absolute atomic E-state index is 0.0117. The van der Waals surface area contributed by atoms with Gasteiger partial charge >= 0.3 is 5.97 Å². The van der Waals surface area contributed by atoms with Crippen LogP contribution in [0.1, 0.15) is 48.8 Å². The Bertz CT molecular complexity index is 363. The Morgan fingerprint density at radius 3 is 2.76 bits per heavy atom. The summed E-state index contributed by atoms with van der Waals surface area (Å²) < 4.78 is 6.61. The minimum Gasteiger partial charge on any atom is -0.476 e. The quantitative estimate of drug-likeness (QED) is 0.701. The molecule has 1 aromatic heterocycles.